The number of rotatable bonds is 7. The minimum atomic E-state index is -1.24. The number of carbonyl (C=O) groups is 4. The molecular weight excluding hydrogens is 290 g/mol. The molecule has 22 heavy (non-hydrogen) atoms. The molecule has 3 N–H and O–H groups in total. The highest BCUT2D eigenvalue weighted by Crippen LogP contribution is 2.11. The number of anilines is 1. The van der Waals surface area contributed by atoms with Crippen LogP contribution in [0.1, 0.15) is 5.56 Å². The number of carboxylic acids is 2. The van der Waals surface area contributed by atoms with Crippen LogP contribution >= 0.6 is 0 Å². The Hall–Kier alpha value is -3.22. The molecule has 0 aliphatic heterocycles. The monoisotopic (exact) mass is 303 g/mol. The van der Waals surface area contributed by atoms with Gasteiger partial charge < -0.3 is 15.5 Å². The number of nitrogens with one attached hydrogen (secondary N) is 1. The summed E-state index contributed by atoms with van der Waals surface area (Å²) in [4.78, 5) is 43.5. The largest absolute Gasteiger partial charge is 0.478 e. The number of carbonyl (C=O) groups excluding carboxylic acids is 2. The summed E-state index contributed by atoms with van der Waals surface area (Å²) in [6.45, 7) is 0. The summed E-state index contributed by atoms with van der Waals surface area (Å²) in [6.07, 6.45) is 3.28. The maximum absolute atomic E-state index is 11.5. The molecule has 0 unspecified atom stereocenters. The topological polar surface area (TPSA) is 121 Å². The molecule has 0 aliphatic rings. The molecule has 0 saturated heterocycles. The fourth-order valence-corrected chi connectivity index (χ4v) is 1.51. The van der Waals surface area contributed by atoms with E-state index in [1.807, 2.05) is 0 Å². The zero-order valence-electron chi connectivity index (χ0n) is 11.4. The second-order valence-corrected chi connectivity index (χ2v) is 4.18. The number of hydrogen-bond donors (Lipinski definition) is 3. The third-order valence-electron chi connectivity index (χ3n) is 2.36. The summed E-state index contributed by atoms with van der Waals surface area (Å²) in [5, 5.41) is 19.3. The minimum absolute atomic E-state index is 0.0154. The highest BCUT2D eigenvalue weighted by molar-refractivity contribution is 6.02. The van der Waals surface area contributed by atoms with Crippen molar-refractivity contribution >= 4 is 29.3 Å². The smallest absolute Gasteiger partial charge is 0.328 e. The molecule has 7 nitrogen and oxygen atoms in total. The van der Waals surface area contributed by atoms with E-state index in [1.54, 1.807) is 24.3 Å². The lowest BCUT2D eigenvalue weighted by Gasteiger charge is -2.04. The maximum Gasteiger partial charge on any atom is 0.328 e. The van der Waals surface area contributed by atoms with E-state index in [9.17, 15) is 19.2 Å². The fraction of sp³-hybridized carbons (Fsp3) is 0.0667. The lowest BCUT2D eigenvalue weighted by atomic mass is 10.1. The third kappa shape index (κ3) is 6.80. The van der Waals surface area contributed by atoms with E-state index in [1.165, 1.54) is 0 Å². The first-order chi connectivity index (χ1) is 10.4. The molecule has 0 heterocycles. The standard InChI is InChI=1S/C15H13NO6/c17-12(4-6-14(19)20)9-10-2-1-3-11(8-10)16-13(18)5-7-15(21)22/h1-8H,9H2,(H,16,18)(H,19,20)(H,21,22)/b6-4-,7-5-. The van der Waals surface area contributed by atoms with Gasteiger partial charge in [-0.3, -0.25) is 9.59 Å². The molecule has 0 atom stereocenters. The van der Waals surface area contributed by atoms with E-state index in [0.717, 1.165) is 18.2 Å². The number of carboxylic acid groups (broad SMARTS) is 2. The van der Waals surface area contributed by atoms with Crippen LogP contribution in [0.25, 0.3) is 0 Å². The van der Waals surface area contributed by atoms with Crippen molar-refractivity contribution in [1.29, 1.82) is 0 Å². The second kappa shape index (κ2) is 8.15. The van der Waals surface area contributed by atoms with Crippen LogP contribution in [0, 0.1) is 0 Å². The molecule has 7 heteroatoms. The Balaban J connectivity index is 2.70. The van der Waals surface area contributed by atoms with Crippen molar-refractivity contribution in [3.63, 3.8) is 0 Å². The van der Waals surface area contributed by atoms with Crippen molar-refractivity contribution in [1.82, 2.24) is 0 Å². The quantitative estimate of drug-likeness (QED) is 0.647. The predicted octanol–water partition coefficient (Wildman–Crippen LogP) is 1.02. The molecule has 0 fully saturated rings. The zero-order valence-corrected chi connectivity index (χ0v) is 11.4. The normalized spacial score (nSPS) is 10.7. The molecule has 0 bridgehead atoms. The highest BCUT2D eigenvalue weighted by atomic mass is 16.4. The van der Waals surface area contributed by atoms with Gasteiger partial charge in [-0.25, -0.2) is 9.59 Å². The summed E-state index contributed by atoms with van der Waals surface area (Å²) >= 11 is 0. The van der Waals surface area contributed by atoms with Crippen LogP contribution in [-0.4, -0.2) is 33.8 Å². The van der Waals surface area contributed by atoms with Gasteiger partial charge in [0.2, 0.25) is 5.91 Å². The van der Waals surface area contributed by atoms with Crippen LogP contribution in [0.5, 0.6) is 0 Å². The third-order valence-corrected chi connectivity index (χ3v) is 2.36. The van der Waals surface area contributed by atoms with Gasteiger partial charge in [-0.1, -0.05) is 12.1 Å². The molecule has 1 aromatic rings. The van der Waals surface area contributed by atoms with Gasteiger partial charge in [0.05, 0.1) is 0 Å². The van der Waals surface area contributed by atoms with Crippen molar-refractivity contribution in [2.24, 2.45) is 0 Å². The van der Waals surface area contributed by atoms with Gasteiger partial charge in [0.1, 0.15) is 0 Å². The number of ketones is 1. The molecule has 1 amide bonds. The van der Waals surface area contributed by atoms with Crippen LogP contribution in [0.4, 0.5) is 5.69 Å². The number of allylic oxidation sites excluding steroid dienone is 1. The Bertz CT molecular complexity index is 607. The van der Waals surface area contributed by atoms with E-state index in [4.69, 9.17) is 10.2 Å². The summed E-state index contributed by atoms with van der Waals surface area (Å²) in [7, 11) is 0. The molecule has 0 radical (unpaired) electrons. The molecule has 114 valence electrons. The highest BCUT2D eigenvalue weighted by Gasteiger charge is 2.04. The van der Waals surface area contributed by atoms with E-state index >= 15 is 0 Å². The predicted molar refractivity (Wildman–Crippen MR) is 77.3 cm³/mol. The molecule has 0 saturated carbocycles. The van der Waals surface area contributed by atoms with Gasteiger partial charge >= 0.3 is 11.9 Å². The number of hydrogen-bond acceptors (Lipinski definition) is 4. The van der Waals surface area contributed by atoms with Gasteiger partial charge in [-0.05, 0) is 23.8 Å². The molecule has 0 spiro atoms. The molecule has 0 aromatic heterocycles. The average molecular weight is 303 g/mol. The Morgan fingerprint density at radius 2 is 1.59 bits per heavy atom. The lowest BCUT2D eigenvalue weighted by Crippen LogP contribution is -2.09. The van der Waals surface area contributed by atoms with Gasteiger partial charge in [-0.15, -0.1) is 0 Å². The average Bonchev–Trinajstić information content (AvgIpc) is 2.43. The van der Waals surface area contributed by atoms with Crippen molar-refractivity contribution in [2.45, 2.75) is 6.42 Å². The van der Waals surface area contributed by atoms with Gasteiger partial charge in [0, 0.05) is 30.3 Å². The Morgan fingerprint density at radius 3 is 2.23 bits per heavy atom. The van der Waals surface area contributed by atoms with E-state index in [-0.39, 0.29) is 6.42 Å². The van der Waals surface area contributed by atoms with Crippen LogP contribution in [0.2, 0.25) is 0 Å². The number of benzene rings is 1. The summed E-state index contributed by atoms with van der Waals surface area (Å²) in [5.74, 6) is -3.45. The van der Waals surface area contributed by atoms with Crippen LogP contribution in [-0.2, 0) is 25.6 Å². The van der Waals surface area contributed by atoms with Crippen molar-refractivity contribution in [3.8, 4) is 0 Å². The molecule has 0 aliphatic carbocycles. The number of aliphatic carboxylic acids is 2. The van der Waals surface area contributed by atoms with Crippen molar-refractivity contribution in [2.75, 3.05) is 5.32 Å². The van der Waals surface area contributed by atoms with E-state index < -0.39 is 23.6 Å². The Kier molecular flexibility index (Phi) is 6.24. The number of amides is 1. The second-order valence-electron chi connectivity index (χ2n) is 4.18. The fourth-order valence-electron chi connectivity index (χ4n) is 1.51. The van der Waals surface area contributed by atoms with Crippen LogP contribution in [0.3, 0.4) is 0 Å². The molecular formula is C15H13NO6. The maximum atomic E-state index is 11.5. The first-order valence-electron chi connectivity index (χ1n) is 6.11. The van der Waals surface area contributed by atoms with Gasteiger partial charge in [0.25, 0.3) is 0 Å². The van der Waals surface area contributed by atoms with Crippen LogP contribution < -0.4 is 5.32 Å². The van der Waals surface area contributed by atoms with E-state index in [0.29, 0.717) is 17.3 Å². The Morgan fingerprint density at radius 1 is 0.955 bits per heavy atom. The first-order valence-corrected chi connectivity index (χ1v) is 6.11. The SMILES string of the molecule is O=C(O)/C=C\C(=O)Cc1cccc(NC(=O)/C=C\C(=O)O)c1. The zero-order chi connectivity index (χ0) is 16.5. The summed E-state index contributed by atoms with van der Waals surface area (Å²) in [5.41, 5.74) is 0.979. The van der Waals surface area contributed by atoms with Gasteiger partial charge in [-0.2, -0.15) is 0 Å². The van der Waals surface area contributed by atoms with Crippen LogP contribution in [0.15, 0.2) is 48.6 Å². The summed E-state index contributed by atoms with van der Waals surface area (Å²) < 4.78 is 0. The minimum Gasteiger partial charge on any atom is -0.478 e. The van der Waals surface area contributed by atoms with Crippen molar-refractivity contribution in [3.05, 3.63) is 54.1 Å². The van der Waals surface area contributed by atoms with Gasteiger partial charge in [0.15, 0.2) is 5.78 Å². The molecule has 1 aromatic carbocycles. The Labute approximate surface area is 125 Å². The molecule has 1 rings (SSSR count). The lowest BCUT2D eigenvalue weighted by molar-refractivity contribution is -0.132. The summed E-state index contributed by atoms with van der Waals surface area (Å²) in [6, 6.07) is 6.38. The van der Waals surface area contributed by atoms with E-state index in [2.05, 4.69) is 5.32 Å². The van der Waals surface area contributed by atoms with Crippen molar-refractivity contribution < 1.29 is 29.4 Å². The first kappa shape index (κ1) is 16.8.